The Kier molecular flexibility index (Phi) is 7.32. The Bertz CT molecular complexity index is 1370. The Balaban J connectivity index is 1.31. The van der Waals surface area contributed by atoms with Crippen LogP contribution in [0.25, 0.3) is 17.0 Å². The number of nitrogens with zero attached hydrogens (tertiary/aromatic N) is 3. The van der Waals surface area contributed by atoms with Crippen molar-refractivity contribution < 1.29 is 23.5 Å². The quantitative estimate of drug-likeness (QED) is 0.395. The lowest BCUT2D eigenvalue weighted by molar-refractivity contribution is -0.135. The van der Waals surface area contributed by atoms with Gasteiger partial charge < -0.3 is 14.2 Å². The highest BCUT2D eigenvalue weighted by Gasteiger charge is 2.35. The number of para-hydroxylation sites is 1. The van der Waals surface area contributed by atoms with Crippen LogP contribution < -0.4 is 4.74 Å². The number of rotatable bonds is 7. The molecule has 5 rings (SSSR count). The van der Waals surface area contributed by atoms with Crippen molar-refractivity contribution in [3.8, 4) is 5.75 Å². The van der Waals surface area contributed by atoms with Crippen LogP contribution in [0.5, 0.6) is 5.75 Å². The zero-order valence-electron chi connectivity index (χ0n) is 20.6. The van der Waals surface area contributed by atoms with Gasteiger partial charge in [-0.1, -0.05) is 18.2 Å². The normalized spacial score (nSPS) is 19.3. The summed E-state index contributed by atoms with van der Waals surface area (Å²) in [7, 11) is 0. The number of hydrogen-bond donors (Lipinski definition) is 0. The van der Waals surface area contributed by atoms with E-state index < -0.39 is 0 Å². The summed E-state index contributed by atoms with van der Waals surface area (Å²) in [6.07, 6.45) is 6.79. The molecule has 1 atom stereocenters. The number of halogens is 1. The summed E-state index contributed by atoms with van der Waals surface area (Å²) >= 11 is 0.889. The predicted molar refractivity (Wildman–Crippen MR) is 142 cm³/mol. The lowest BCUT2D eigenvalue weighted by Crippen LogP contribution is -2.43. The van der Waals surface area contributed by atoms with Crippen molar-refractivity contribution in [2.75, 3.05) is 19.7 Å². The fourth-order valence-corrected chi connectivity index (χ4v) is 5.70. The minimum absolute atomic E-state index is 0.0842. The van der Waals surface area contributed by atoms with Crippen LogP contribution in [0.1, 0.15) is 31.7 Å². The summed E-state index contributed by atoms with van der Waals surface area (Å²) < 4.78 is 20.5. The zero-order valence-corrected chi connectivity index (χ0v) is 21.4. The van der Waals surface area contributed by atoms with Gasteiger partial charge in [-0.3, -0.25) is 19.3 Å². The third-order valence-electron chi connectivity index (χ3n) is 6.81. The van der Waals surface area contributed by atoms with Gasteiger partial charge in [-0.05, 0) is 74.4 Å². The van der Waals surface area contributed by atoms with Gasteiger partial charge in [-0.25, -0.2) is 4.39 Å². The number of thioether (sulfide) groups is 1. The van der Waals surface area contributed by atoms with Crippen molar-refractivity contribution in [1.29, 1.82) is 0 Å². The topological polar surface area (TPSA) is 71.8 Å². The van der Waals surface area contributed by atoms with Crippen molar-refractivity contribution in [3.63, 3.8) is 0 Å². The van der Waals surface area contributed by atoms with Gasteiger partial charge in [0.2, 0.25) is 5.91 Å². The van der Waals surface area contributed by atoms with E-state index in [0.717, 1.165) is 58.9 Å². The second-order valence-corrected chi connectivity index (χ2v) is 10.3. The average molecular weight is 522 g/mol. The molecule has 2 fully saturated rings. The van der Waals surface area contributed by atoms with Gasteiger partial charge in [0.1, 0.15) is 24.7 Å². The third-order valence-corrected chi connectivity index (χ3v) is 7.71. The molecule has 37 heavy (non-hydrogen) atoms. The maximum atomic E-state index is 13.1. The molecule has 9 heteroatoms. The number of amides is 3. The van der Waals surface area contributed by atoms with Gasteiger partial charge in [0.15, 0.2) is 0 Å². The number of carbonyl (C=O) groups excluding carboxylic acids is 3. The Morgan fingerprint density at radius 3 is 2.70 bits per heavy atom. The first-order valence-corrected chi connectivity index (χ1v) is 13.2. The Labute approximate surface area is 218 Å². The minimum Gasteiger partial charge on any atom is -0.492 e. The fourth-order valence-electron chi connectivity index (χ4n) is 4.85. The van der Waals surface area contributed by atoms with Crippen LogP contribution in [-0.4, -0.2) is 57.2 Å². The van der Waals surface area contributed by atoms with Crippen LogP contribution in [0.15, 0.2) is 59.6 Å². The lowest BCUT2D eigenvalue weighted by Gasteiger charge is -2.33. The molecule has 2 saturated heterocycles. The Hall–Kier alpha value is -3.59. The van der Waals surface area contributed by atoms with Gasteiger partial charge in [0, 0.05) is 35.2 Å². The number of likely N-dealkylation sites (tertiary alicyclic amines) is 1. The number of aromatic nitrogens is 1. The summed E-state index contributed by atoms with van der Waals surface area (Å²) in [5.74, 6) is -0.200. The van der Waals surface area contributed by atoms with Crippen molar-refractivity contribution in [1.82, 2.24) is 14.4 Å². The molecule has 0 N–H and O–H groups in total. The molecule has 2 aromatic carbocycles. The van der Waals surface area contributed by atoms with Crippen LogP contribution in [0.4, 0.5) is 9.18 Å². The van der Waals surface area contributed by atoms with Crippen LogP contribution >= 0.6 is 11.8 Å². The number of benzene rings is 2. The number of piperidine rings is 1. The molecule has 0 saturated carbocycles. The van der Waals surface area contributed by atoms with E-state index in [1.54, 1.807) is 6.08 Å². The van der Waals surface area contributed by atoms with Crippen LogP contribution in [0.2, 0.25) is 0 Å². The smallest absolute Gasteiger partial charge is 0.293 e. The third kappa shape index (κ3) is 5.41. The molecule has 1 aromatic heterocycles. The van der Waals surface area contributed by atoms with Gasteiger partial charge in [0.25, 0.3) is 11.1 Å². The van der Waals surface area contributed by atoms with E-state index >= 15 is 0 Å². The maximum absolute atomic E-state index is 13.1. The summed E-state index contributed by atoms with van der Waals surface area (Å²) in [6.45, 7) is 3.29. The molecular weight excluding hydrogens is 493 g/mol. The first-order chi connectivity index (χ1) is 17.9. The molecule has 2 aliphatic rings. The molecule has 0 bridgehead atoms. The van der Waals surface area contributed by atoms with Gasteiger partial charge in [0.05, 0.1) is 11.4 Å². The number of fused-ring (bicyclic) bond motifs is 1. The molecule has 0 unspecified atom stereocenters. The van der Waals surface area contributed by atoms with E-state index in [4.69, 9.17) is 4.74 Å². The Morgan fingerprint density at radius 1 is 1.14 bits per heavy atom. The molecule has 192 valence electrons. The predicted octanol–water partition coefficient (Wildman–Crippen LogP) is 5.30. The van der Waals surface area contributed by atoms with E-state index in [1.807, 2.05) is 39.9 Å². The lowest BCUT2D eigenvalue weighted by atomic mass is 10.0. The van der Waals surface area contributed by atoms with E-state index in [0.29, 0.717) is 10.7 Å². The van der Waals surface area contributed by atoms with Crippen LogP contribution in [0.3, 0.4) is 0 Å². The summed E-state index contributed by atoms with van der Waals surface area (Å²) in [4.78, 5) is 42.1. The average Bonchev–Trinajstić information content (AvgIpc) is 3.37. The maximum Gasteiger partial charge on any atom is 0.293 e. The van der Waals surface area contributed by atoms with Crippen molar-refractivity contribution in [2.24, 2.45) is 0 Å². The van der Waals surface area contributed by atoms with E-state index in [9.17, 15) is 18.8 Å². The standard InChI is InChI=1S/C28H28FN3O4S/c1-19-6-4-5-13-31(19)26(33)18-30-17-20(23-7-2-3-8-24(23)30)16-25-27(34)32(28(35)37-25)14-15-36-22-11-9-21(29)10-12-22/h2-3,7-12,16-17,19H,4-6,13-15,18H2,1H3/b25-16-/t19-/m1/s1. The SMILES string of the molecule is C[C@@H]1CCCCN1C(=O)Cn1cc(/C=C2\SC(=O)N(CCOc3ccc(F)cc3)C2=O)c2ccccc21. The summed E-state index contributed by atoms with van der Waals surface area (Å²) in [5.41, 5.74) is 1.68. The van der Waals surface area contributed by atoms with Gasteiger partial charge >= 0.3 is 0 Å². The first-order valence-electron chi connectivity index (χ1n) is 12.4. The van der Waals surface area contributed by atoms with E-state index in [1.165, 1.54) is 24.3 Å². The van der Waals surface area contributed by atoms with Crippen LogP contribution in [0, 0.1) is 5.82 Å². The second kappa shape index (κ2) is 10.8. The number of hydrogen-bond acceptors (Lipinski definition) is 5. The number of imide groups is 1. The van der Waals surface area contributed by atoms with E-state index in [2.05, 4.69) is 6.92 Å². The highest BCUT2D eigenvalue weighted by atomic mass is 32.2. The fraction of sp³-hybridized carbons (Fsp3) is 0.321. The van der Waals surface area contributed by atoms with Crippen molar-refractivity contribution >= 4 is 45.8 Å². The molecule has 0 aliphatic carbocycles. The van der Waals surface area contributed by atoms with Crippen molar-refractivity contribution in [2.45, 2.75) is 38.8 Å². The molecule has 2 aliphatic heterocycles. The van der Waals surface area contributed by atoms with Crippen molar-refractivity contribution in [3.05, 3.63) is 71.0 Å². The molecule has 3 aromatic rings. The Morgan fingerprint density at radius 2 is 1.92 bits per heavy atom. The summed E-state index contributed by atoms with van der Waals surface area (Å²) in [6, 6.07) is 13.5. The van der Waals surface area contributed by atoms with Gasteiger partial charge in [-0.2, -0.15) is 0 Å². The largest absolute Gasteiger partial charge is 0.492 e. The molecule has 0 radical (unpaired) electrons. The van der Waals surface area contributed by atoms with Crippen LogP contribution in [-0.2, 0) is 16.1 Å². The second-order valence-electron chi connectivity index (χ2n) is 9.30. The molecule has 3 amide bonds. The molecule has 0 spiro atoms. The summed E-state index contributed by atoms with van der Waals surface area (Å²) in [5, 5.41) is 0.547. The first kappa shape index (κ1) is 25.1. The molecule has 7 nitrogen and oxygen atoms in total. The highest BCUT2D eigenvalue weighted by molar-refractivity contribution is 8.18. The molecule has 3 heterocycles. The highest BCUT2D eigenvalue weighted by Crippen LogP contribution is 2.34. The minimum atomic E-state index is -0.382. The van der Waals surface area contributed by atoms with Gasteiger partial charge in [-0.15, -0.1) is 0 Å². The molecular formula is C28H28FN3O4S. The number of ether oxygens (including phenoxy) is 1. The number of carbonyl (C=O) groups is 3. The monoisotopic (exact) mass is 521 g/mol. The van der Waals surface area contributed by atoms with E-state index in [-0.39, 0.29) is 48.6 Å². The zero-order chi connectivity index (χ0) is 25.9.